The van der Waals surface area contributed by atoms with E-state index in [4.69, 9.17) is 4.74 Å². The summed E-state index contributed by atoms with van der Waals surface area (Å²) in [4.78, 5) is 20.2. The van der Waals surface area contributed by atoms with Crippen LogP contribution in [-0.4, -0.2) is 29.5 Å². The first kappa shape index (κ1) is 16.7. The minimum Gasteiger partial charge on any atom is -0.496 e. The quantitative estimate of drug-likeness (QED) is 0.733. The number of anilines is 1. The van der Waals surface area contributed by atoms with Crippen LogP contribution in [0.15, 0.2) is 36.7 Å². The number of amides is 1. The molecule has 0 aliphatic heterocycles. The lowest BCUT2D eigenvalue weighted by molar-refractivity contribution is 0.0948. The van der Waals surface area contributed by atoms with E-state index in [1.807, 2.05) is 24.3 Å². The van der Waals surface area contributed by atoms with E-state index in [0.717, 1.165) is 24.2 Å². The van der Waals surface area contributed by atoms with Gasteiger partial charge in [0.05, 0.1) is 7.11 Å². The van der Waals surface area contributed by atoms with E-state index in [2.05, 4.69) is 27.5 Å². The monoisotopic (exact) mass is 314 g/mol. The summed E-state index contributed by atoms with van der Waals surface area (Å²) in [5, 5.41) is 6.03. The van der Waals surface area contributed by atoms with Crippen LogP contribution in [0, 0.1) is 0 Å². The molecule has 2 aromatic rings. The SMILES string of the molecule is CCCCNC(=O)c1cc(NCc2ccccc2OC)ncn1. The highest BCUT2D eigenvalue weighted by Crippen LogP contribution is 2.18. The standard InChI is InChI=1S/C17H22N4O2/c1-3-4-9-18-17(22)14-10-16(21-12-20-14)19-11-13-7-5-6-8-15(13)23-2/h5-8,10,12H,3-4,9,11H2,1-2H3,(H,18,22)(H,19,20,21). The maximum Gasteiger partial charge on any atom is 0.270 e. The first-order valence-corrected chi connectivity index (χ1v) is 7.70. The summed E-state index contributed by atoms with van der Waals surface area (Å²) in [6.07, 6.45) is 3.38. The van der Waals surface area contributed by atoms with E-state index in [9.17, 15) is 4.79 Å². The maximum absolute atomic E-state index is 12.0. The molecule has 6 heteroatoms. The van der Waals surface area contributed by atoms with Crippen molar-refractivity contribution in [3.63, 3.8) is 0 Å². The van der Waals surface area contributed by atoms with Gasteiger partial charge in [0.15, 0.2) is 0 Å². The molecule has 0 fully saturated rings. The first-order chi connectivity index (χ1) is 11.2. The Labute approximate surface area is 136 Å². The Hall–Kier alpha value is -2.63. The Bertz CT molecular complexity index is 646. The molecule has 23 heavy (non-hydrogen) atoms. The van der Waals surface area contributed by atoms with Gasteiger partial charge in [-0.15, -0.1) is 0 Å². The highest BCUT2D eigenvalue weighted by Gasteiger charge is 2.08. The molecule has 0 radical (unpaired) electrons. The Morgan fingerprint density at radius 3 is 2.87 bits per heavy atom. The van der Waals surface area contributed by atoms with Crippen molar-refractivity contribution in [1.29, 1.82) is 0 Å². The average molecular weight is 314 g/mol. The van der Waals surface area contributed by atoms with Gasteiger partial charge in [-0.2, -0.15) is 0 Å². The number of nitrogens with zero attached hydrogens (tertiary/aromatic N) is 2. The summed E-state index contributed by atoms with van der Waals surface area (Å²) in [7, 11) is 1.64. The van der Waals surface area contributed by atoms with E-state index in [0.29, 0.717) is 24.6 Å². The van der Waals surface area contributed by atoms with E-state index < -0.39 is 0 Å². The number of carbonyl (C=O) groups is 1. The molecule has 0 unspecified atom stereocenters. The molecule has 1 amide bonds. The highest BCUT2D eigenvalue weighted by molar-refractivity contribution is 5.92. The largest absolute Gasteiger partial charge is 0.496 e. The van der Waals surface area contributed by atoms with Crippen molar-refractivity contribution in [3.05, 3.63) is 47.9 Å². The van der Waals surface area contributed by atoms with Gasteiger partial charge in [-0.25, -0.2) is 9.97 Å². The third kappa shape index (κ3) is 4.95. The van der Waals surface area contributed by atoms with Crippen molar-refractivity contribution in [2.24, 2.45) is 0 Å². The minimum absolute atomic E-state index is 0.179. The summed E-state index contributed by atoms with van der Waals surface area (Å²) < 4.78 is 5.31. The number of hydrogen-bond donors (Lipinski definition) is 2. The summed E-state index contributed by atoms with van der Waals surface area (Å²) in [6, 6.07) is 9.41. The lowest BCUT2D eigenvalue weighted by Gasteiger charge is -2.10. The predicted octanol–water partition coefficient (Wildman–Crippen LogP) is 2.63. The van der Waals surface area contributed by atoms with Crippen LogP contribution >= 0.6 is 0 Å². The van der Waals surface area contributed by atoms with Crippen LogP contribution < -0.4 is 15.4 Å². The van der Waals surface area contributed by atoms with Crippen LogP contribution in [-0.2, 0) is 6.54 Å². The van der Waals surface area contributed by atoms with Gasteiger partial charge < -0.3 is 15.4 Å². The average Bonchev–Trinajstić information content (AvgIpc) is 2.60. The number of ether oxygens (including phenoxy) is 1. The molecule has 0 saturated heterocycles. The van der Waals surface area contributed by atoms with Crippen LogP contribution in [0.1, 0.15) is 35.8 Å². The van der Waals surface area contributed by atoms with Gasteiger partial charge in [-0.1, -0.05) is 31.5 Å². The Morgan fingerprint density at radius 2 is 2.09 bits per heavy atom. The molecule has 0 aliphatic carbocycles. The molecule has 0 bridgehead atoms. The summed E-state index contributed by atoms with van der Waals surface area (Å²) >= 11 is 0. The van der Waals surface area contributed by atoms with Gasteiger partial charge in [0.2, 0.25) is 0 Å². The smallest absolute Gasteiger partial charge is 0.270 e. The topological polar surface area (TPSA) is 76.1 Å². The fourth-order valence-corrected chi connectivity index (χ4v) is 2.08. The molecular weight excluding hydrogens is 292 g/mol. The van der Waals surface area contributed by atoms with Crippen molar-refractivity contribution in [1.82, 2.24) is 15.3 Å². The number of carbonyl (C=O) groups excluding carboxylic acids is 1. The zero-order valence-corrected chi connectivity index (χ0v) is 13.5. The van der Waals surface area contributed by atoms with Crippen LogP contribution in [0.4, 0.5) is 5.82 Å². The van der Waals surface area contributed by atoms with Crippen LogP contribution in [0.3, 0.4) is 0 Å². The molecule has 122 valence electrons. The normalized spacial score (nSPS) is 10.2. The lowest BCUT2D eigenvalue weighted by Crippen LogP contribution is -2.25. The molecule has 1 aromatic carbocycles. The van der Waals surface area contributed by atoms with Crippen molar-refractivity contribution in [2.75, 3.05) is 19.0 Å². The zero-order valence-electron chi connectivity index (χ0n) is 13.5. The Morgan fingerprint density at radius 1 is 1.26 bits per heavy atom. The molecule has 1 aromatic heterocycles. The van der Waals surface area contributed by atoms with Crippen molar-refractivity contribution in [2.45, 2.75) is 26.3 Å². The van der Waals surface area contributed by atoms with Crippen molar-refractivity contribution < 1.29 is 9.53 Å². The molecule has 0 saturated carbocycles. The zero-order chi connectivity index (χ0) is 16.5. The second-order valence-electron chi connectivity index (χ2n) is 5.06. The number of nitrogens with one attached hydrogen (secondary N) is 2. The van der Waals surface area contributed by atoms with Gasteiger partial charge in [-0.3, -0.25) is 4.79 Å². The van der Waals surface area contributed by atoms with Gasteiger partial charge in [0, 0.05) is 24.7 Å². The number of aromatic nitrogens is 2. The number of rotatable bonds is 8. The number of para-hydroxylation sites is 1. The van der Waals surface area contributed by atoms with Crippen LogP contribution in [0.5, 0.6) is 5.75 Å². The first-order valence-electron chi connectivity index (χ1n) is 7.70. The van der Waals surface area contributed by atoms with Gasteiger partial charge in [-0.05, 0) is 12.5 Å². The van der Waals surface area contributed by atoms with Crippen molar-refractivity contribution >= 4 is 11.7 Å². The Kier molecular flexibility index (Phi) is 6.35. The fourth-order valence-electron chi connectivity index (χ4n) is 2.08. The van der Waals surface area contributed by atoms with Crippen LogP contribution in [0.2, 0.25) is 0 Å². The third-order valence-electron chi connectivity index (χ3n) is 3.37. The third-order valence-corrected chi connectivity index (χ3v) is 3.37. The molecule has 0 atom stereocenters. The van der Waals surface area contributed by atoms with Gasteiger partial charge in [0.1, 0.15) is 23.6 Å². The number of benzene rings is 1. The molecule has 1 heterocycles. The molecule has 2 N–H and O–H groups in total. The van der Waals surface area contributed by atoms with Gasteiger partial charge in [0.25, 0.3) is 5.91 Å². The molecule has 6 nitrogen and oxygen atoms in total. The predicted molar refractivity (Wildman–Crippen MR) is 89.6 cm³/mol. The summed E-state index contributed by atoms with van der Waals surface area (Å²) in [5.41, 5.74) is 1.38. The van der Waals surface area contributed by atoms with E-state index in [1.165, 1.54) is 6.33 Å². The van der Waals surface area contributed by atoms with Crippen molar-refractivity contribution in [3.8, 4) is 5.75 Å². The molecule has 2 rings (SSSR count). The maximum atomic E-state index is 12.0. The number of methoxy groups -OCH3 is 1. The second kappa shape index (κ2) is 8.73. The molecular formula is C17H22N4O2. The second-order valence-corrected chi connectivity index (χ2v) is 5.06. The highest BCUT2D eigenvalue weighted by atomic mass is 16.5. The summed E-state index contributed by atoms with van der Waals surface area (Å²) in [6.45, 7) is 3.29. The molecule has 0 aliphatic rings. The number of hydrogen-bond acceptors (Lipinski definition) is 5. The van der Waals surface area contributed by atoms with Gasteiger partial charge >= 0.3 is 0 Å². The Balaban J connectivity index is 1.98. The van der Waals surface area contributed by atoms with E-state index in [1.54, 1.807) is 13.2 Å². The molecule has 0 spiro atoms. The summed E-state index contributed by atoms with van der Waals surface area (Å²) in [5.74, 6) is 1.24. The van der Waals surface area contributed by atoms with E-state index in [-0.39, 0.29) is 5.91 Å². The lowest BCUT2D eigenvalue weighted by atomic mass is 10.2. The van der Waals surface area contributed by atoms with E-state index >= 15 is 0 Å². The number of unbranched alkanes of at least 4 members (excludes halogenated alkanes) is 1. The van der Waals surface area contributed by atoms with Crippen LogP contribution in [0.25, 0.3) is 0 Å². The fraction of sp³-hybridized carbons (Fsp3) is 0.353. The minimum atomic E-state index is -0.179.